The summed E-state index contributed by atoms with van der Waals surface area (Å²) in [5, 5.41) is 11.7. The lowest BCUT2D eigenvalue weighted by Crippen LogP contribution is -2.31. The Labute approximate surface area is 109 Å². The maximum Gasteiger partial charge on any atom is 0.376 e. The fourth-order valence-electron chi connectivity index (χ4n) is 1.30. The third kappa shape index (κ3) is 4.51. The molecule has 1 rings (SSSR count). The Morgan fingerprint density at radius 3 is 2.79 bits per heavy atom. The predicted molar refractivity (Wildman–Crippen MR) is 64.9 cm³/mol. The molecule has 0 saturated carbocycles. The van der Waals surface area contributed by atoms with Crippen LogP contribution in [0.4, 0.5) is 5.82 Å². The number of nitrogens with zero attached hydrogens (tertiary/aromatic N) is 2. The third-order valence-electron chi connectivity index (χ3n) is 2.25. The zero-order valence-corrected chi connectivity index (χ0v) is 10.6. The van der Waals surface area contributed by atoms with Crippen LogP contribution in [0.25, 0.3) is 0 Å². The third-order valence-corrected chi connectivity index (χ3v) is 2.25. The van der Waals surface area contributed by atoms with Gasteiger partial charge in [0.05, 0.1) is 7.11 Å². The lowest BCUT2D eigenvalue weighted by atomic mass is 10.2. The number of hydrogen-bond donors (Lipinski definition) is 2. The zero-order valence-electron chi connectivity index (χ0n) is 10.6. The summed E-state index contributed by atoms with van der Waals surface area (Å²) in [6.45, 7) is 0.291. The molecule has 0 aromatic carbocycles. The van der Waals surface area contributed by atoms with Gasteiger partial charge in [0.25, 0.3) is 0 Å². The van der Waals surface area contributed by atoms with E-state index >= 15 is 0 Å². The van der Waals surface area contributed by atoms with Gasteiger partial charge < -0.3 is 19.9 Å². The normalized spacial score (nSPS) is 11.7. The van der Waals surface area contributed by atoms with E-state index in [0.717, 1.165) is 0 Å². The van der Waals surface area contributed by atoms with E-state index in [4.69, 9.17) is 9.84 Å². The number of nitrogens with one attached hydrogen (secondary N) is 1. The summed E-state index contributed by atoms with van der Waals surface area (Å²) < 4.78 is 9.31. The summed E-state index contributed by atoms with van der Waals surface area (Å²) in [5.41, 5.74) is 0. The molecule has 0 aliphatic carbocycles. The lowest BCUT2D eigenvalue weighted by Gasteiger charge is -2.14. The number of anilines is 1. The molecule has 104 valence electrons. The molecule has 1 heterocycles. The predicted octanol–water partition coefficient (Wildman–Crippen LogP) is 0.165. The number of hydrogen-bond acceptors (Lipinski definition) is 7. The van der Waals surface area contributed by atoms with Crippen molar-refractivity contribution in [3.8, 4) is 0 Å². The number of aliphatic carboxylic acids is 1. The van der Waals surface area contributed by atoms with Gasteiger partial charge >= 0.3 is 11.9 Å². The molecular weight excluding hydrogens is 254 g/mol. The number of carboxylic acid groups (broad SMARTS) is 1. The Bertz CT molecular complexity index is 452. The van der Waals surface area contributed by atoms with Crippen LogP contribution in [-0.4, -0.2) is 53.9 Å². The van der Waals surface area contributed by atoms with E-state index in [9.17, 15) is 9.59 Å². The van der Waals surface area contributed by atoms with Gasteiger partial charge in [-0.05, 0) is 6.07 Å². The minimum Gasteiger partial charge on any atom is -0.480 e. The number of rotatable bonds is 7. The molecule has 8 nitrogen and oxygen atoms in total. The molecule has 1 atom stereocenters. The van der Waals surface area contributed by atoms with Crippen LogP contribution in [-0.2, 0) is 14.3 Å². The first kappa shape index (κ1) is 14.8. The van der Waals surface area contributed by atoms with Crippen molar-refractivity contribution in [1.29, 1.82) is 0 Å². The van der Waals surface area contributed by atoms with Crippen molar-refractivity contribution in [2.24, 2.45) is 0 Å². The quantitative estimate of drug-likeness (QED) is 0.674. The van der Waals surface area contributed by atoms with Gasteiger partial charge in [0.2, 0.25) is 5.82 Å². The van der Waals surface area contributed by atoms with Gasteiger partial charge in [-0.25, -0.2) is 19.6 Å². The first-order valence-corrected chi connectivity index (χ1v) is 5.48. The SMILES string of the molecule is COCCC(Nc1ccnc(C(=O)OC)n1)C(=O)O. The summed E-state index contributed by atoms with van der Waals surface area (Å²) in [7, 11) is 2.70. The van der Waals surface area contributed by atoms with Crippen LogP contribution in [0.15, 0.2) is 12.3 Å². The molecular formula is C11H15N3O5. The fourth-order valence-corrected chi connectivity index (χ4v) is 1.30. The van der Waals surface area contributed by atoms with E-state index in [2.05, 4.69) is 20.0 Å². The monoisotopic (exact) mass is 269 g/mol. The number of ether oxygens (including phenoxy) is 2. The van der Waals surface area contributed by atoms with Gasteiger partial charge in [0.15, 0.2) is 0 Å². The molecule has 1 aromatic heterocycles. The first-order chi connectivity index (χ1) is 9.08. The van der Waals surface area contributed by atoms with Gasteiger partial charge in [-0.2, -0.15) is 0 Å². The number of aromatic nitrogens is 2. The standard InChI is InChI=1S/C11H15N3O5/c1-18-6-4-7(10(15)16)13-8-3-5-12-9(14-8)11(17)19-2/h3,5,7H,4,6H2,1-2H3,(H,15,16)(H,12,13,14). The Balaban J connectivity index is 2.78. The molecule has 1 aromatic rings. The molecule has 0 saturated heterocycles. The van der Waals surface area contributed by atoms with Gasteiger partial charge in [0.1, 0.15) is 11.9 Å². The molecule has 1 unspecified atom stereocenters. The smallest absolute Gasteiger partial charge is 0.376 e. The molecule has 0 amide bonds. The highest BCUT2D eigenvalue weighted by molar-refractivity contribution is 5.85. The van der Waals surface area contributed by atoms with Crippen molar-refractivity contribution < 1.29 is 24.2 Å². The molecule has 0 fully saturated rings. The Kier molecular flexibility index (Phi) is 5.68. The van der Waals surface area contributed by atoms with Crippen molar-refractivity contribution in [2.75, 3.05) is 26.1 Å². The molecule has 0 radical (unpaired) electrons. The second kappa shape index (κ2) is 7.27. The Morgan fingerprint density at radius 2 is 2.21 bits per heavy atom. The molecule has 0 spiro atoms. The van der Waals surface area contributed by atoms with Gasteiger partial charge in [-0.15, -0.1) is 0 Å². The van der Waals surface area contributed by atoms with Crippen LogP contribution < -0.4 is 5.32 Å². The second-order valence-corrected chi connectivity index (χ2v) is 3.57. The van der Waals surface area contributed by atoms with Gasteiger partial charge in [-0.3, -0.25) is 0 Å². The average molecular weight is 269 g/mol. The summed E-state index contributed by atoms with van der Waals surface area (Å²) in [6.07, 6.45) is 1.61. The molecule has 0 aliphatic rings. The van der Waals surface area contributed by atoms with Crippen molar-refractivity contribution in [2.45, 2.75) is 12.5 Å². The Hall–Kier alpha value is -2.22. The highest BCUT2D eigenvalue weighted by atomic mass is 16.5. The van der Waals surface area contributed by atoms with Gasteiger partial charge in [-0.1, -0.05) is 0 Å². The fraction of sp³-hybridized carbons (Fsp3) is 0.455. The largest absolute Gasteiger partial charge is 0.480 e. The van der Waals surface area contributed by atoms with Gasteiger partial charge in [0, 0.05) is 26.3 Å². The molecule has 19 heavy (non-hydrogen) atoms. The number of carbonyl (C=O) groups is 2. The number of methoxy groups -OCH3 is 2. The van der Waals surface area contributed by atoms with Crippen LogP contribution in [0.2, 0.25) is 0 Å². The summed E-state index contributed by atoms with van der Waals surface area (Å²) >= 11 is 0. The maximum absolute atomic E-state index is 11.2. The number of carboxylic acids is 1. The van der Waals surface area contributed by atoms with E-state index in [1.54, 1.807) is 0 Å². The first-order valence-electron chi connectivity index (χ1n) is 5.48. The van der Waals surface area contributed by atoms with E-state index in [0.29, 0.717) is 6.61 Å². The van der Waals surface area contributed by atoms with Crippen LogP contribution in [0.3, 0.4) is 0 Å². The minimum atomic E-state index is -1.03. The molecule has 8 heteroatoms. The molecule has 0 aliphatic heterocycles. The number of carbonyl (C=O) groups excluding carboxylic acids is 1. The van der Waals surface area contributed by atoms with Crippen molar-refractivity contribution in [3.63, 3.8) is 0 Å². The highest BCUT2D eigenvalue weighted by Crippen LogP contribution is 2.07. The summed E-state index contributed by atoms with van der Waals surface area (Å²) in [5.74, 6) is -1.62. The van der Waals surface area contributed by atoms with Crippen molar-refractivity contribution >= 4 is 17.8 Å². The Morgan fingerprint density at radius 1 is 1.47 bits per heavy atom. The second-order valence-electron chi connectivity index (χ2n) is 3.57. The van der Waals surface area contributed by atoms with E-state index in [-0.39, 0.29) is 18.1 Å². The van der Waals surface area contributed by atoms with Crippen LogP contribution in [0.5, 0.6) is 0 Å². The number of esters is 1. The summed E-state index contributed by atoms with van der Waals surface area (Å²) in [6, 6.07) is 0.607. The van der Waals surface area contributed by atoms with Crippen molar-refractivity contribution in [1.82, 2.24) is 9.97 Å². The van der Waals surface area contributed by atoms with Crippen molar-refractivity contribution in [3.05, 3.63) is 18.1 Å². The van der Waals surface area contributed by atoms with E-state index < -0.39 is 18.0 Å². The highest BCUT2D eigenvalue weighted by Gasteiger charge is 2.18. The molecule has 0 bridgehead atoms. The van der Waals surface area contributed by atoms with Crippen LogP contribution >= 0.6 is 0 Å². The van der Waals surface area contributed by atoms with E-state index in [1.807, 2.05) is 0 Å². The minimum absolute atomic E-state index is 0.136. The van der Waals surface area contributed by atoms with Crippen LogP contribution in [0.1, 0.15) is 17.0 Å². The maximum atomic E-state index is 11.2. The average Bonchev–Trinajstić information content (AvgIpc) is 2.42. The summed E-state index contributed by atoms with van der Waals surface area (Å²) in [4.78, 5) is 29.9. The van der Waals surface area contributed by atoms with Crippen LogP contribution in [0, 0.1) is 0 Å². The molecule has 2 N–H and O–H groups in total. The topological polar surface area (TPSA) is 111 Å². The lowest BCUT2D eigenvalue weighted by molar-refractivity contribution is -0.138. The van der Waals surface area contributed by atoms with E-state index in [1.165, 1.54) is 26.5 Å². The zero-order chi connectivity index (χ0) is 14.3.